The number of alkyl halides is 3. The lowest BCUT2D eigenvalue weighted by atomic mass is 9.86. The van der Waals surface area contributed by atoms with Crippen LogP contribution in [-0.4, -0.2) is 31.8 Å². The second-order valence-corrected chi connectivity index (χ2v) is 4.11. The fraction of sp³-hybridized carbons (Fsp3) is 0.889. The molecule has 0 saturated heterocycles. The molecule has 1 N–H and O–H groups in total. The van der Waals surface area contributed by atoms with Gasteiger partial charge < -0.3 is 10.1 Å². The van der Waals surface area contributed by atoms with Gasteiger partial charge in [0, 0.05) is 18.6 Å². The van der Waals surface area contributed by atoms with Crippen LogP contribution in [0.1, 0.15) is 20.8 Å². The Morgan fingerprint density at radius 2 is 1.87 bits per heavy atom. The van der Waals surface area contributed by atoms with Crippen molar-refractivity contribution < 1.29 is 22.7 Å². The van der Waals surface area contributed by atoms with Gasteiger partial charge in [0.15, 0.2) is 0 Å². The van der Waals surface area contributed by atoms with E-state index in [1.807, 2.05) is 5.32 Å². The van der Waals surface area contributed by atoms with Crippen molar-refractivity contribution in [3.63, 3.8) is 0 Å². The molecule has 1 amide bonds. The summed E-state index contributed by atoms with van der Waals surface area (Å²) in [6, 6.07) is -0.619. The monoisotopic (exact) mass is 227 g/mol. The Bertz CT molecular complexity index is 226. The molecule has 0 bridgehead atoms. The first kappa shape index (κ1) is 14.2. The van der Waals surface area contributed by atoms with Gasteiger partial charge in [-0.3, -0.25) is 4.79 Å². The van der Waals surface area contributed by atoms with Gasteiger partial charge in [0.2, 0.25) is 0 Å². The number of hydrogen-bond acceptors (Lipinski definition) is 2. The zero-order valence-corrected chi connectivity index (χ0v) is 9.23. The fourth-order valence-corrected chi connectivity index (χ4v) is 0.971. The van der Waals surface area contributed by atoms with E-state index in [9.17, 15) is 18.0 Å². The van der Waals surface area contributed by atoms with Crippen molar-refractivity contribution in [1.82, 2.24) is 5.32 Å². The first-order chi connectivity index (χ1) is 6.61. The third kappa shape index (κ3) is 4.51. The van der Waals surface area contributed by atoms with E-state index in [-0.39, 0.29) is 6.61 Å². The zero-order valence-electron chi connectivity index (χ0n) is 9.23. The van der Waals surface area contributed by atoms with Crippen molar-refractivity contribution in [1.29, 1.82) is 0 Å². The summed E-state index contributed by atoms with van der Waals surface area (Å²) in [6.45, 7) is 5.23. The lowest BCUT2D eigenvalue weighted by Gasteiger charge is -2.31. The summed E-state index contributed by atoms with van der Waals surface area (Å²) >= 11 is 0. The van der Waals surface area contributed by atoms with Crippen molar-refractivity contribution in [2.24, 2.45) is 5.41 Å². The summed E-state index contributed by atoms with van der Waals surface area (Å²) in [4.78, 5) is 10.6. The average Bonchev–Trinajstić information content (AvgIpc) is 2.01. The van der Waals surface area contributed by atoms with Crippen LogP contribution in [0.3, 0.4) is 0 Å². The Balaban J connectivity index is 4.37. The van der Waals surface area contributed by atoms with E-state index in [4.69, 9.17) is 4.74 Å². The Morgan fingerprint density at radius 1 is 1.40 bits per heavy atom. The summed E-state index contributed by atoms with van der Waals surface area (Å²) in [5, 5.41) is 1.90. The molecule has 0 aliphatic carbocycles. The Kier molecular flexibility index (Phi) is 4.58. The first-order valence-electron chi connectivity index (χ1n) is 4.48. The molecule has 3 nitrogen and oxygen atoms in total. The van der Waals surface area contributed by atoms with E-state index in [0.717, 1.165) is 0 Å². The van der Waals surface area contributed by atoms with Crippen LogP contribution in [0.25, 0.3) is 0 Å². The van der Waals surface area contributed by atoms with Crippen LogP contribution in [0.4, 0.5) is 13.2 Å². The summed E-state index contributed by atoms with van der Waals surface area (Å²) in [6.07, 6.45) is -4.84. The minimum atomic E-state index is -4.84. The van der Waals surface area contributed by atoms with Gasteiger partial charge in [-0.25, -0.2) is 0 Å². The Morgan fingerprint density at radius 3 is 2.20 bits per heavy atom. The topological polar surface area (TPSA) is 38.3 Å². The van der Waals surface area contributed by atoms with Gasteiger partial charge in [-0.15, -0.1) is 0 Å². The molecule has 0 aromatic heterocycles. The van der Waals surface area contributed by atoms with Crippen LogP contribution in [-0.2, 0) is 9.53 Å². The van der Waals surface area contributed by atoms with Gasteiger partial charge in [0.05, 0.1) is 6.61 Å². The van der Waals surface area contributed by atoms with E-state index >= 15 is 0 Å². The van der Waals surface area contributed by atoms with Gasteiger partial charge >= 0.3 is 12.1 Å². The Labute approximate surface area is 87.0 Å². The fourth-order valence-electron chi connectivity index (χ4n) is 0.971. The first-order valence-corrected chi connectivity index (χ1v) is 4.48. The van der Waals surface area contributed by atoms with Gasteiger partial charge in [0.25, 0.3) is 0 Å². The van der Waals surface area contributed by atoms with Crippen molar-refractivity contribution >= 4 is 5.91 Å². The molecule has 0 aliphatic rings. The molecule has 0 fully saturated rings. The molecule has 0 heterocycles. The average molecular weight is 227 g/mol. The summed E-state index contributed by atoms with van der Waals surface area (Å²) in [5.41, 5.74) is -0.546. The maximum atomic E-state index is 11.9. The van der Waals surface area contributed by atoms with Crippen molar-refractivity contribution in [3.8, 4) is 0 Å². The largest absolute Gasteiger partial charge is 0.471 e. The van der Waals surface area contributed by atoms with E-state index in [0.29, 0.717) is 0 Å². The molecular weight excluding hydrogens is 211 g/mol. The maximum absolute atomic E-state index is 11.9. The molecular formula is C9H16F3NO2. The molecule has 0 aromatic carbocycles. The number of carbonyl (C=O) groups excluding carboxylic acids is 1. The van der Waals surface area contributed by atoms with Gasteiger partial charge in [-0.05, 0) is 6.92 Å². The van der Waals surface area contributed by atoms with Crippen LogP contribution in [0, 0.1) is 5.41 Å². The lowest BCUT2D eigenvalue weighted by molar-refractivity contribution is -0.175. The number of ether oxygens (including phenoxy) is 1. The Hall–Kier alpha value is -0.780. The third-order valence-corrected chi connectivity index (χ3v) is 2.29. The van der Waals surface area contributed by atoms with E-state index in [2.05, 4.69) is 0 Å². The molecule has 15 heavy (non-hydrogen) atoms. The highest BCUT2D eigenvalue weighted by Gasteiger charge is 2.41. The highest BCUT2D eigenvalue weighted by Crippen LogP contribution is 2.22. The number of nitrogens with one attached hydrogen (secondary N) is 1. The second kappa shape index (κ2) is 4.83. The molecule has 0 rings (SSSR count). The van der Waals surface area contributed by atoms with Gasteiger partial charge in [-0.1, -0.05) is 13.8 Å². The van der Waals surface area contributed by atoms with Gasteiger partial charge in [0.1, 0.15) is 0 Å². The molecule has 0 radical (unpaired) electrons. The summed E-state index contributed by atoms with van der Waals surface area (Å²) < 4.78 is 40.7. The minimum Gasteiger partial charge on any atom is -0.384 e. The van der Waals surface area contributed by atoms with E-state index < -0.39 is 23.5 Å². The summed E-state index contributed by atoms with van der Waals surface area (Å²) in [7, 11) is 1.46. The zero-order chi connectivity index (χ0) is 12.3. The molecule has 90 valence electrons. The highest BCUT2D eigenvalue weighted by atomic mass is 19.4. The second-order valence-electron chi connectivity index (χ2n) is 4.11. The van der Waals surface area contributed by atoms with Gasteiger partial charge in [-0.2, -0.15) is 13.2 Å². The number of amides is 1. The lowest BCUT2D eigenvalue weighted by Crippen LogP contribution is -2.49. The predicted octanol–water partition coefficient (Wildman–Crippen LogP) is 1.73. The van der Waals surface area contributed by atoms with Crippen molar-refractivity contribution in [3.05, 3.63) is 0 Å². The standard InChI is InChI=1S/C9H16F3NO2/c1-6(8(2,3)5-15-4)13-7(14)9(10,11)12/h6H,5H2,1-4H3,(H,13,14). The molecule has 6 heteroatoms. The molecule has 0 aliphatic heterocycles. The van der Waals surface area contributed by atoms with Crippen LogP contribution in [0.15, 0.2) is 0 Å². The minimum absolute atomic E-state index is 0.270. The third-order valence-electron chi connectivity index (χ3n) is 2.29. The molecule has 0 saturated carbocycles. The predicted molar refractivity (Wildman–Crippen MR) is 49.3 cm³/mol. The van der Waals surface area contributed by atoms with Crippen LogP contribution < -0.4 is 5.32 Å². The van der Waals surface area contributed by atoms with Crippen LogP contribution in [0.5, 0.6) is 0 Å². The number of carbonyl (C=O) groups is 1. The smallest absolute Gasteiger partial charge is 0.384 e. The molecule has 0 spiro atoms. The maximum Gasteiger partial charge on any atom is 0.471 e. The van der Waals surface area contributed by atoms with Crippen molar-refractivity contribution in [2.45, 2.75) is 33.0 Å². The SMILES string of the molecule is COCC(C)(C)C(C)NC(=O)C(F)(F)F. The number of rotatable bonds is 4. The van der Waals surface area contributed by atoms with Crippen LogP contribution >= 0.6 is 0 Å². The van der Waals surface area contributed by atoms with E-state index in [1.165, 1.54) is 14.0 Å². The number of methoxy groups -OCH3 is 1. The van der Waals surface area contributed by atoms with E-state index in [1.54, 1.807) is 13.8 Å². The number of hydrogen-bond donors (Lipinski definition) is 1. The quantitative estimate of drug-likeness (QED) is 0.794. The normalized spacial score (nSPS) is 14.9. The molecule has 1 atom stereocenters. The van der Waals surface area contributed by atoms with Crippen LogP contribution in [0.2, 0.25) is 0 Å². The van der Waals surface area contributed by atoms with Crippen molar-refractivity contribution in [2.75, 3.05) is 13.7 Å². The number of halogens is 3. The molecule has 1 unspecified atom stereocenters. The highest BCUT2D eigenvalue weighted by molar-refractivity contribution is 5.81. The molecule has 0 aromatic rings. The summed E-state index contributed by atoms with van der Waals surface area (Å²) in [5.74, 6) is -1.92.